The first kappa shape index (κ1) is 27.2. The van der Waals surface area contributed by atoms with Crippen molar-refractivity contribution in [3.05, 3.63) is 187 Å². The molecule has 4 nitrogen and oxygen atoms in total. The molecule has 2 atom stereocenters. The number of fused-ring (bicyclic) bond motifs is 4. The SMILES string of the molecule is C1=CC2C(C=C1N(c1ccccc1)c1ccc(-c3nc4ccccc4o3)cc1)c1cc(-c3ccccc3)ccc1N2c1ccccc1. The first-order valence-electron chi connectivity index (χ1n) is 16.0. The van der Waals surface area contributed by atoms with Crippen molar-refractivity contribution in [2.45, 2.75) is 12.0 Å². The molecule has 9 rings (SSSR count). The molecule has 0 bridgehead atoms. The van der Waals surface area contributed by atoms with Gasteiger partial charge in [-0.15, -0.1) is 0 Å². The summed E-state index contributed by atoms with van der Waals surface area (Å²) in [4.78, 5) is 9.55. The number of nitrogens with zero attached hydrogens (tertiary/aromatic N) is 3. The van der Waals surface area contributed by atoms with Gasteiger partial charge in [0.25, 0.3) is 0 Å². The summed E-state index contributed by atoms with van der Waals surface area (Å²) in [5.41, 5.74) is 12.2. The number of para-hydroxylation sites is 4. The Morgan fingerprint density at radius 2 is 1.26 bits per heavy atom. The molecule has 7 aromatic rings. The van der Waals surface area contributed by atoms with Crippen LogP contribution in [0.4, 0.5) is 22.7 Å². The molecule has 2 aliphatic rings. The predicted molar refractivity (Wildman–Crippen MR) is 192 cm³/mol. The van der Waals surface area contributed by atoms with Crippen molar-refractivity contribution in [2.24, 2.45) is 0 Å². The fourth-order valence-corrected chi connectivity index (χ4v) is 7.01. The van der Waals surface area contributed by atoms with Crippen LogP contribution >= 0.6 is 0 Å². The maximum absolute atomic E-state index is 6.07. The van der Waals surface area contributed by atoms with Gasteiger partial charge in [0.05, 0.1) is 6.04 Å². The Morgan fingerprint density at radius 3 is 2.02 bits per heavy atom. The van der Waals surface area contributed by atoms with Gasteiger partial charge in [-0.1, -0.05) is 97.1 Å². The molecule has 6 aromatic carbocycles. The van der Waals surface area contributed by atoms with Crippen LogP contribution in [-0.4, -0.2) is 11.0 Å². The smallest absolute Gasteiger partial charge is 0.227 e. The van der Waals surface area contributed by atoms with Gasteiger partial charge in [0, 0.05) is 39.9 Å². The van der Waals surface area contributed by atoms with Crippen LogP contribution in [0.1, 0.15) is 11.5 Å². The molecule has 0 amide bonds. The Balaban J connectivity index is 1.14. The van der Waals surface area contributed by atoms with Crippen LogP contribution in [0.5, 0.6) is 0 Å². The first-order chi connectivity index (χ1) is 23.3. The summed E-state index contributed by atoms with van der Waals surface area (Å²) in [6, 6.07) is 55.5. The van der Waals surface area contributed by atoms with E-state index in [0.717, 1.165) is 33.7 Å². The lowest BCUT2D eigenvalue weighted by atomic mass is 9.88. The van der Waals surface area contributed by atoms with E-state index in [2.05, 4.69) is 161 Å². The van der Waals surface area contributed by atoms with E-state index in [4.69, 9.17) is 9.40 Å². The summed E-state index contributed by atoms with van der Waals surface area (Å²) < 4.78 is 6.07. The van der Waals surface area contributed by atoms with Gasteiger partial charge in [-0.3, -0.25) is 0 Å². The number of benzene rings is 6. The van der Waals surface area contributed by atoms with Gasteiger partial charge in [-0.2, -0.15) is 0 Å². The first-order valence-corrected chi connectivity index (χ1v) is 16.0. The summed E-state index contributed by atoms with van der Waals surface area (Å²) in [6.45, 7) is 0. The highest BCUT2D eigenvalue weighted by atomic mass is 16.3. The lowest BCUT2D eigenvalue weighted by Crippen LogP contribution is -2.30. The maximum Gasteiger partial charge on any atom is 0.227 e. The topological polar surface area (TPSA) is 32.5 Å². The Labute approximate surface area is 274 Å². The fourth-order valence-electron chi connectivity index (χ4n) is 7.01. The number of rotatable bonds is 6. The molecule has 1 aliphatic carbocycles. The second-order valence-electron chi connectivity index (χ2n) is 12.0. The summed E-state index contributed by atoms with van der Waals surface area (Å²) >= 11 is 0. The third kappa shape index (κ3) is 4.82. The average molecular weight is 606 g/mol. The molecule has 4 heteroatoms. The van der Waals surface area contributed by atoms with Crippen LogP contribution in [0.15, 0.2) is 186 Å². The van der Waals surface area contributed by atoms with E-state index in [0.29, 0.717) is 5.89 Å². The maximum atomic E-state index is 6.07. The molecule has 0 fully saturated rings. The Morgan fingerprint density at radius 1 is 0.596 bits per heavy atom. The Bertz CT molecular complexity index is 2220. The van der Waals surface area contributed by atoms with Gasteiger partial charge in [0.1, 0.15) is 5.52 Å². The minimum Gasteiger partial charge on any atom is -0.436 e. The second-order valence-corrected chi connectivity index (χ2v) is 12.0. The average Bonchev–Trinajstić information content (AvgIpc) is 3.72. The zero-order valence-electron chi connectivity index (χ0n) is 25.6. The third-order valence-corrected chi connectivity index (χ3v) is 9.21. The number of hydrogen-bond acceptors (Lipinski definition) is 4. The minimum atomic E-state index is 0.166. The van der Waals surface area contributed by atoms with E-state index in [9.17, 15) is 0 Å². The van der Waals surface area contributed by atoms with Gasteiger partial charge in [-0.25, -0.2) is 4.98 Å². The van der Waals surface area contributed by atoms with Gasteiger partial charge in [-0.05, 0) is 95.6 Å². The van der Waals surface area contributed by atoms with Gasteiger partial charge >= 0.3 is 0 Å². The van der Waals surface area contributed by atoms with Crippen LogP contribution in [0.2, 0.25) is 0 Å². The minimum absolute atomic E-state index is 0.166. The molecule has 0 saturated heterocycles. The Hall–Kier alpha value is -6.13. The molecule has 0 saturated carbocycles. The normalized spacial score (nSPS) is 16.5. The number of allylic oxidation sites excluding steroid dienone is 1. The largest absolute Gasteiger partial charge is 0.436 e. The number of oxazole rings is 1. The van der Waals surface area contributed by atoms with Crippen LogP contribution < -0.4 is 9.80 Å². The van der Waals surface area contributed by atoms with E-state index >= 15 is 0 Å². The monoisotopic (exact) mass is 605 g/mol. The van der Waals surface area contributed by atoms with Crippen LogP contribution in [0, 0.1) is 0 Å². The molecule has 47 heavy (non-hydrogen) atoms. The van der Waals surface area contributed by atoms with Crippen molar-refractivity contribution in [3.8, 4) is 22.6 Å². The predicted octanol–water partition coefficient (Wildman–Crippen LogP) is 11.1. The molecule has 2 unspecified atom stereocenters. The van der Waals surface area contributed by atoms with Crippen LogP contribution in [0.25, 0.3) is 33.7 Å². The van der Waals surface area contributed by atoms with Crippen LogP contribution in [-0.2, 0) is 0 Å². The van der Waals surface area contributed by atoms with Gasteiger partial charge in [0.2, 0.25) is 5.89 Å². The van der Waals surface area contributed by atoms with E-state index in [1.165, 1.54) is 28.1 Å². The third-order valence-electron chi connectivity index (χ3n) is 9.21. The summed E-state index contributed by atoms with van der Waals surface area (Å²) in [5.74, 6) is 0.792. The fraction of sp³-hybridized carbons (Fsp3) is 0.0465. The molecule has 2 heterocycles. The van der Waals surface area contributed by atoms with E-state index in [1.54, 1.807) is 0 Å². The van der Waals surface area contributed by atoms with Crippen molar-refractivity contribution >= 4 is 33.8 Å². The summed E-state index contributed by atoms with van der Waals surface area (Å²) in [6.07, 6.45) is 7.10. The molecule has 224 valence electrons. The van der Waals surface area contributed by atoms with Crippen molar-refractivity contribution in [1.82, 2.24) is 4.98 Å². The highest BCUT2D eigenvalue weighted by Gasteiger charge is 2.39. The lowest BCUT2D eigenvalue weighted by molar-refractivity contribution is 0.620. The van der Waals surface area contributed by atoms with Crippen molar-refractivity contribution < 1.29 is 4.42 Å². The van der Waals surface area contributed by atoms with Gasteiger partial charge in [0.15, 0.2) is 5.58 Å². The van der Waals surface area contributed by atoms with Crippen molar-refractivity contribution in [2.75, 3.05) is 9.80 Å². The Kier molecular flexibility index (Phi) is 6.57. The zero-order valence-corrected chi connectivity index (χ0v) is 25.6. The highest BCUT2D eigenvalue weighted by Crippen LogP contribution is 2.50. The number of aromatic nitrogens is 1. The molecule has 0 spiro atoms. The standard InChI is InChI=1S/C43H31N3O/c1-4-12-30(13-5-1)32-22-26-40-37(28-32)38-29-36(25-27-41(38)46(40)34-16-8-3-9-17-34)45(33-14-6-2-7-15-33)35-23-20-31(21-24-35)43-44-39-18-10-11-19-42(39)47-43/h1-29,38,41H. The molecular formula is C43H31N3O. The lowest BCUT2D eigenvalue weighted by Gasteiger charge is -2.33. The van der Waals surface area contributed by atoms with Crippen LogP contribution in [0.3, 0.4) is 0 Å². The van der Waals surface area contributed by atoms with Gasteiger partial charge < -0.3 is 14.2 Å². The second kappa shape index (κ2) is 11.3. The molecular weight excluding hydrogens is 574 g/mol. The van der Waals surface area contributed by atoms with E-state index < -0.39 is 0 Å². The number of hydrogen-bond donors (Lipinski definition) is 0. The van der Waals surface area contributed by atoms with E-state index in [-0.39, 0.29) is 12.0 Å². The highest BCUT2D eigenvalue weighted by molar-refractivity contribution is 5.81. The van der Waals surface area contributed by atoms with Crippen molar-refractivity contribution in [3.63, 3.8) is 0 Å². The molecule has 1 aromatic heterocycles. The summed E-state index contributed by atoms with van der Waals surface area (Å²) in [5, 5.41) is 0. The number of anilines is 4. The van der Waals surface area contributed by atoms with E-state index in [1.807, 2.05) is 24.3 Å². The molecule has 0 N–H and O–H groups in total. The van der Waals surface area contributed by atoms with Crippen molar-refractivity contribution in [1.29, 1.82) is 0 Å². The quantitative estimate of drug-likeness (QED) is 0.189. The summed E-state index contributed by atoms with van der Waals surface area (Å²) in [7, 11) is 0. The zero-order chi connectivity index (χ0) is 31.2. The molecule has 0 radical (unpaired) electrons. The molecule has 1 aliphatic heterocycles.